The third-order valence-electron chi connectivity index (χ3n) is 7.56. The van der Waals surface area contributed by atoms with Crippen LogP contribution in [0.3, 0.4) is 0 Å². The van der Waals surface area contributed by atoms with Gasteiger partial charge in [0, 0.05) is 27.6 Å². The highest BCUT2D eigenvalue weighted by Crippen LogP contribution is 2.49. The molecular formula is C37H23N3O. The van der Waals surface area contributed by atoms with Gasteiger partial charge in [-0.1, -0.05) is 127 Å². The Morgan fingerprint density at radius 3 is 1.61 bits per heavy atom. The van der Waals surface area contributed by atoms with Crippen LogP contribution in [0.2, 0.25) is 0 Å². The molecule has 8 rings (SSSR count). The highest BCUT2D eigenvalue weighted by molar-refractivity contribution is 6.10. The van der Waals surface area contributed by atoms with Crippen LogP contribution in [-0.4, -0.2) is 15.0 Å². The molecule has 1 aliphatic heterocycles. The van der Waals surface area contributed by atoms with Crippen molar-refractivity contribution in [3.63, 3.8) is 0 Å². The molecule has 4 heteroatoms. The zero-order valence-electron chi connectivity index (χ0n) is 22.0. The topological polar surface area (TPSA) is 47.9 Å². The highest BCUT2D eigenvalue weighted by atomic mass is 16.5. The molecule has 6 aromatic carbocycles. The molecule has 0 aliphatic carbocycles. The number of aromatic nitrogens is 3. The summed E-state index contributed by atoms with van der Waals surface area (Å²) >= 11 is 0. The lowest BCUT2D eigenvalue weighted by Gasteiger charge is -2.23. The van der Waals surface area contributed by atoms with Crippen molar-refractivity contribution in [3.05, 3.63) is 140 Å². The minimum absolute atomic E-state index is 0.635. The third kappa shape index (κ3) is 3.97. The maximum atomic E-state index is 6.35. The summed E-state index contributed by atoms with van der Waals surface area (Å²) in [5.74, 6) is 3.67. The Morgan fingerprint density at radius 2 is 0.902 bits per heavy atom. The first-order valence-electron chi connectivity index (χ1n) is 13.6. The van der Waals surface area contributed by atoms with Crippen molar-refractivity contribution in [1.29, 1.82) is 0 Å². The zero-order chi connectivity index (χ0) is 27.2. The fraction of sp³-hybridized carbons (Fsp3) is 0. The Bertz CT molecular complexity index is 2010. The number of hydrogen-bond donors (Lipinski definition) is 0. The lowest BCUT2D eigenvalue weighted by Crippen LogP contribution is -2.01. The van der Waals surface area contributed by atoms with Crippen LogP contribution in [-0.2, 0) is 0 Å². The van der Waals surface area contributed by atoms with Crippen LogP contribution in [0.25, 0.3) is 67.2 Å². The van der Waals surface area contributed by atoms with Gasteiger partial charge in [0.05, 0.1) is 0 Å². The van der Waals surface area contributed by atoms with Crippen molar-refractivity contribution >= 4 is 10.8 Å². The van der Waals surface area contributed by atoms with Gasteiger partial charge in [-0.15, -0.1) is 0 Å². The largest absolute Gasteiger partial charge is 0.456 e. The minimum atomic E-state index is 0.635. The molecule has 2 heterocycles. The molecular weight excluding hydrogens is 502 g/mol. The van der Waals surface area contributed by atoms with Gasteiger partial charge in [0.1, 0.15) is 11.5 Å². The van der Waals surface area contributed by atoms with Crippen molar-refractivity contribution in [2.24, 2.45) is 0 Å². The lowest BCUT2D eigenvalue weighted by atomic mass is 9.89. The molecule has 0 amide bonds. The maximum absolute atomic E-state index is 6.35. The van der Waals surface area contributed by atoms with Crippen molar-refractivity contribution in [3.8, 4) is 67.9 Å². The van der Waals surface area contributed by atoms with Crippen LogP contribution in [0, 0.1) is 0 Å². The standard InChI is InChI=1S/C37H23N3O/c1-3-12-24(13-4-1)35-38-36(25-14-5-2-6-15-25)40-37(39-35)31-18-8-7-16-26(31)27-22-23-33-34-29(27)19-11-20-30(34)28-17-9-10-21-32(28)41-33/h1-23H. The molecule has 0 saturated heterocycles. The van der Waals surface area contributed by atoms with Crippen LogP contribution in [0.4, 0.5) is 0 Å². The Labute approximate surface area is 237 Å². The van der Waals surface area contributed by atoms with E-state index in [0.717, 1.165) is 55.7 Å². The van der Waals surface area contributed by atoms with Crippen molar-refractivity contribution in [2.45, 2.75) is 0 Å². The van der Waals surface area contributed by atoms with Gasteiger partial charge in [0.25, 0.3) is 0 Å². The molecule has 4 nitrogen and oxygen atoms in total. The van der Waals surface area contributed by atoms with Crippen LogP contribution in [0.5, 0.6) is 11.5 Å². The summed E-state index contributed by atoms with van der Waals surface area (Å²) in [6.07, 6.45) is 0. The lowest BCUT2D eigenvalue weighted by molar-refractivity contribution is 0.487. The zero-order valence-corrected chi connectivity index (χ0v) is 22.0. The van der Waals surface area contributed by atoms with Gasteiger partial charge in [-0.3, -0.25) is 0 Å². The second-order valence-electron chi connectivity index (χ2n) is 10.0. The van der Waals surface area contributed by atoms with Gasteiger partial charge in [-0.2, -0.15) is 0 Å². The Morgan fingerprint density at radius 1 is 0.341 bits per heavy atom. The Hall–Kier alpha value is -5.61. The quantitative estimate of drug-likeness (QED) is 0.230. The summed E-state index contributed by atoms with van der Waals surface area (Å²) in [4.78, 5) is 14.9. The number of para-hydroxylation sites is 1. The highest BCUT2D eigenvalue weighted by Gasteiger charge is 2.22. The van der Waals surface area contributed by atoms with E-state index >= 15 is 0 Å². The number of rotatable bonds is 4. The van der Waals surface area contributed by atoms with Crippen molar-refractivity contribution in [1.82, 2.24) is 15.0 Å². The van der Waals surface area contributed by atoms with E-state index in [-0.39, 0.29) is 0 Å². The molecule has 0 radical (unpaired) electrons. The van der Waals surface area contributed by atoms with Crippen molar-refractivity contribution < 1.29 is 4.74 Å². The molecule has 7 aromatic rings. The molecule has 1 aromatic heterocycles. The molecule has 1 aliphatic rings. The molecule has 0 fully saturated rings. The van der Waals surface area contributed by atoms with Gasteiger partial charge >= 0.3 is 0 Å². The smallest absolute Gasteiger partial charge is 0.164 e. The van der Waals surface area contributed by atoms with Gasteiger partial charge in [-0.25, -0.2) is 15.0 Å². The Balaban J connectivity index is 1.36. The normalized spacial score (nSPS) is 11.6. The van der Waals surface area contributed by atoms with E-state index in [9.17, 15) is 0 Å². The number of hydrogen-bond acceptors (Lipinski definition) is 4. The summed E-state index contributed by atoms with van der Waals surface area (Å²) in [7, 11) is 0. The summed E-state index contributed by atoms with van der Waals surface area (Å²) in [6, 6.07) is 47.4. The van der Waals surface area contributed by atoms with Gasteiger partial charge in [-0.05, 0) is 34.2 Å². The van der Waals surface area contributed by atoms with E-state index in [1.54, 1.807) is 0 Å². The second-order valence-corrected chi connectivity index (χ2v) is 10.0. The number of nitrogens with zero attached hydrogens (tertiary/aromatic N) is 3. The molecule has 0 unspecified atom stereocenters. The molecule has 192 valence electrons. The van der Waals surface area contributed by atoms with Gasteiger partial charge < -0.3 is 4.74 Å². The summed E-state index contributed by atoms with van der Waals surface area (Å²) in [6.45, 7) is 0. The van der Waals surface area contributed by atoms with Gasteiger partial charge in [0.15, 0.2) is 17.5 Å². The predicted molar refractivity (Wildman–Crippen MR) is 165 cm³/mol. The first kappa shape index (κ1) is 23.3. The minimum Gasteiger partial charge on any atom is -0.456 e. The predicted octanol–water partition coefficient (Wildman–Crippen LogP) is 9.47. The van der Waals surface area contributed by atoms with E-state index in [4.69, 9.17) is 19.7 Å². The first-order chi connectivity index (χ1) is 20.3. The summed E-state index contributed by atoms with van der Waals surface area (Å²) < 4.78 is 6.35. The van der Waals surface area contributed by atoms with E-state index in [0.29, 0.717) is 17.5 Å². The molecule has 41 heavy (non-hydrogen) atoms. The molecule has 0 N–H and O–H groups in total. The second kappa shape index (κ2) is 9.54. The number of benzene rings is 6. The van der Waals surface area contributed by atoms with Crippen LogP contribution < -0.4 is 4.74 Å². The van der Waals surface area contributed by atoms with E-state index in [1.165, 1.54) is 5.56 Å². The fourth-order valence-electron chi connectivity index (χ4n) is 5.66. The van der Waals surface area contributed by atoms with Crippen LogP contribution in [0.1, 0.15) is 0 Å². The number of fused-ring (bicyclic) bond motifs is 2. The average molecular weight is 526 g/mol. The average Bonchev–Trinajstić information content (AvgIpc) is 3.06. The summed E-state index contributed by atoms with van der Waals surface area (Å²) in [5, 5.41) is 2.24. The molecule has 0 atom stereocenters. The Kier molecular flexibility index (Phi) is 5.42. The van der Waals surface area contributed by atoms with E-state index in [2.05, 4.69) is 60.7 Å². The SMILES string of the molecule is c1ccc(-c2nc(-c3ccccc3)nc(-c3ccccc3-c3ccc4c5c(cccc35)-c3ccccc3O4)n2)cc1. The molecule has 0 spiro atoms. The van der Waals surface area contributed by atoms with Gasteiger partial charge in [0.2, 0.25) is 0 Å². The fourth-order valence-corrected chi connectivity index (χ4v) is 5.66. The number of ether oxygens (including phenoxy) is 1. The van der Waals surface area contributed by atoms with Crippen LogP contribution in [0.15, 0.2) is 140 Å². The van der Waals surface area contributed by atoms with Crippen LogP contribution >= 0.6 is 0 Å². The first-order valence-corrected chi connectivity index (χ1v) is 13.6. The monoisotopic (exact) mass is 525 g/mol. The van der Waals surface area contributed by atoms with E-state index in [1.807, 2.05) is 78.9 Å². The van der Waals surface area contributed by atoms with Crippen molar-refractivity contribution in [2.75, 3.05) is 0 Å². The molecule has 0 bridgehead atoms. The molecule has 0 saturated carbocycles. The third-order valence-corrected chi connectivity index (χ3v) is 7.56. The maximum Gasteiger partial charge on any atom is 0.164 e. The summed E-state index contributed by atoms with van der Waals surface area (Å²) in [5.41, 5.74) is 7.28. The van der Waals surface area contributed by atoms with E-state index < -0.39 is 0 Å².